The van der Waals surface area contributed by atoms with E-state index in [1.54, 1.807) is 16.6 Å². The standard InChI is InChI=1S/C17H22N4O2S/c1-20-9-8-19-17(20)16-12-18-7-10-21(16)24(22,23)15-6-5-13-3-2-4-14(13)11-15/h5-6,8-9,11,16,18H,2-4,7,10,12H2,1H3. The average molecular weight is 346 g/mol. The summed E-state index contributed by atoms with van der Waals surface area (Å²) in [6.45, 7) is 1.69. The number of rotatable bonds is 3. The molecule has 1 aliphatic carbocycles. The molecule has 1 N–H and O–H groups in total. The first kappa shape index (κ1) is 15.8. The van der Waals surface area contributed by atoms with E-state index in [-0.39, 0.29) is 6.04 Å². The molecule has 6 nitrogen and oxygen atoms in total. The van der Waals surface area contributed by atoms with Gasteiger partial charge in [0.1, 0.15) is 5.82 Å². The van der Waals surface area contributed by atoms with Crippen LogP contribution in [0.15, 0.2) is 35.5 Å². The van der Waals surface area contributed by atoms with E-state index in [4.69, 9.17) is 0 Å². The average Bonchev–Trinajstić information content (AvgIpc) is 3.22. The molecule has 128 valence electrons. The Kier molecular flexibility index (Phi) is 3.94. The van der Waals surface area contributed by atoms with E-state index in [0.29, 0.717) is 24.5 Å². The van der Waals surface area contributed by atoms with E-state index in [1.807, 2.05) is 29.9 Å². The molecule has 1 unspecified atom stereocenters. The summed E-state index contributed by atoms with van der Waals surface area (Å²) in [7, 11) is -1.64. The third-order valence-electron chi connectivity index (χ3n) is 5.03. The zero-order valence-corrected chi connectivity index (χ0v) is 14.6. The van der Waals surface area contributed by atoms with E-state index in [9.17, 15) is 8.42 Å². The van der Waals surface area contributed by atoms with Gasteiger partial charge >= 0.3 is 0 Å². The van der Waals surface area contributed by atoms with Crippen LogP contribution < -0.4 is 5.32 Å². The Balaban J connectivity index is 1.73. The first-order valence-electron chi connectivity index (χ1n) is 8.39. The molecule has 0 spiro atoms. The number of hydrogen-bond acceptors (Lipinski definition) is 4. The third kappa shape index (κ3) is 2.56. The second-order valence-electron chi connectivity index (χ2n) is 6.52. The summed E-state index contributed by atoms with van der Waals surface area (Å²) in [6, 6.07) is 5.33. The third-order valence-corrected chi connectivity index (χ3v) is 6.93. The molecule has 4 rings (SSSR count). The van der Waals surface area contributed by atoms with Gasteiger partial charge in [-0.3, -0.25) is 0 Å². The van der Waals surface area contributed by atoms with Gasteiger partial charge in [0.15, 0.2) is 0 Å². The zero-order chi connectivity index (χ0) is 16.7. The fourth-order valence-electron chi connectivity index (χ4n) is 3.74. The molecule has 24 heavy (non-hydrogen) atoms. The van der Waals surface area contributed by atoms with Crippen LogP contribution >= 0.6 is 0 Å². The van der Waals surface area contributed by atoms with Gasteiger partial charge in [0.25, 0.3) is 0 Å². The SMILES string of the molecule is Cn1ccnc1C1CNCCN1S(=O)(=O)c1ccc2c(c1)CCC2. The van der Waals surface area contributed by atoms with Gasteiger partial charge in [0, 0.05) is 39.1 Å². The van der Waals surface area contributed by atoms with Crippen molar-refractivity contribution in [3.63, 3.8) is 0 Å². The molecular weight excluding hydrogens is 324 g/mol. The normalized spacial score (nSPS) is 21.8. The first-order chi connectivity index (χ1) is 11.6. The molecule has 1 atom stereocenters. The minimum absolute atomic E-state index is 0.281. The Hall–Kier alpha value is -1.70. The molecule has 7 heteroatoms. The van der Waals surface area contributed by atoms with Crippen molar-refractivity contribution in [1.82, 2.24) is 19.2 Å². The maximum Gasteiger partial charge on any atom is 0.243 e. The van der Waals surface area contributed by atoms with Gasteiger partial charge < -0.3 is 9.88 Å². The van der Waals surface area contributed by atoms with Crippen LogP contribution in [0.1, 0.15) is 29.4 Å². The number of nitrogens with one attached hydrogen (secondary N) is 1. The van der Waals surface area contributed by atoms with Crippen LogP contribution in [-0.4, -0.2) is 41.9 Å². The van der Waals surface area contributed by atoms with Gasteiger partial charge in [0.2, 0.25) is 10.0 Å². The van der Waals surface area contributed by atoms with Crippen molar-refractivity contribution in [3.8, 4) is 0 Å². The number of aryl methyl sites for hydroxylation is 3. The predicted octanol–water partition coefficient (Wildman–Crippen LogP) is 1.24. The minimum Gasteiger partial charge on any atom is -0.337 e. The fraction of sp³-hybridized carbons (Fsp3) is 0.471. The first-order valence-corrected chi connectivity index (χ1v) is 9.83. The Labute approximate surface area is 142 Å². The number of benzene rings is 1. The number of fused-ring (bicyclic) bond motifs is 1. The molecule has 1 saturated heterocycles. The summed E-state index contributed by atoms with van der Waals surface area (Å²) in [6.07, 6.45) is 6.71. The Morgan fingerprint density at radius 3 is 2.88 bits per heavy atom. The summed E-state index contributed by atoms with van der Waals surface area (Å²) >= 11 is 0. The van der Waals surface area contributed by atoms with Crippen LogP contribution in [0.2, 0.25) is 0 Å². The van der Waals surface area contributed by atoms with Crippen molar-refractivity contribution >= 4 is 10.0 Å². The number of nitrogens with zero attached hydrogens (tertiary/aromatic N) is 3. The van der Waals surface area contributed by atoms with Crippen molar-refractivity contribution in [1.29, 1.82) is 0 Å². The molecule has 1 aromatic heterocycles. The second-order valence-corrected chi connectivity index (χ2v) is 8.41. The van der Waals surface area contributed by atoms with Gasteiger partial charge in [-0.05, 0) is 42.5 Å². The fourth-order valence-corrected chi connectivity index (χ4v) is 5.37. The highest BCUT2D eigenvalue weighted by atomic mass is 32.2. The van der Waals surface area contributed by atoms with Crippen molar-refractivity contribution in [3.05, 3.63) is 47.5 Å². The molecule has 1 aromatic carbocycles. The Bertz CT molecular complexity index is 859. The van der Waals surface area contributed by atoms with E-state index >= 15 is 0 Å². The van der Waals surface area contributed by atoms with Crippen molar-refractivity contribution in [2.45, 2.75) is 30.2 Å². The lowest BCUT2D eigenvalue weighted by Crippen LogP contribution is -2.49. The second kappa shape index (κ2) is 5.98. The number of sulfonamides is 1. The largest absolute Gasteiger partial charge is 0.337 e. The quantitative estimate of drug-likeness (QED) is 0.908. The maximum absolute atomic E-state index is 13.3. The van der Waals surface area contributed by atoms with Crippen molar-refractivity contribution in [2.24, 2.45) is 7.05 Å². The van der Waals surface area contributed by atoms with Gasteiger partial charge in [-0.1, -0.05) is 6.07 Å². The molecule has 0 radical (unpaired) electrons. The number of hydrogen-bond donors (Lipinski definition) is 1. The van der Waals surface area contributed by atoms with Gasteiger partial charge in [0.05, 0.1) is 10.9 Å². The van der Waals surface area contributed by atoms with Crippen LogP contribution in [-0.2, 0) is 29.9 Å². The molecule has 2 aliphatic rings. The lowest BCUT2D eigenvalue weighted by Gasteiger charge is -2.34. The molecule has 0 bridgehead atoms. The number of imidazole rings is 1. The van der Waals surface area contributed by atoms with Gasteiger partial charge in [-0.15, -0.1) is 0 Å². The van der Waals surface area contributed by atoms with Crippen LogP contribution in [0.5, 0.6) is 0 Å². The Morgan fingerprint density at radius 2 is 2.08 bits per heavy atom. The van der Waals surface area contributed by atoms with Crippen molar-refractivity contribution < 1.29 is 8.42 Å². The summed E-state index contributed by atoms with van der Waals surface area (Å²) < 4.78 is 30.0. The predicted molar refractivity (Wildman–Crippen MR) is 91.2 cm³/mol. The van der Waals surface area contributed by atoms with Crippen LogP contribution in [0, 0.1) is 0 Å². The highest BCUT2D eigenvalue weighted by Crippen LogP contribution is 2.30. The van der Waals surface area contributed by atoms with E-state index < -0.39 is 10.0 Å². The topological polar surface area (TPSA) is 67.2 Å². The van der Waals surface area contributed by atoms with Crippen LogP contribution in [0.4, 0.5) is 0 Å². The lowest BCUT2D eigenvalue weighted by atomic mass is 10.1. The molecule has 0 amide bonds. The smallest absolute Gasteiger partial charge is 0.243 e. The van der Waals surface area contributed by atoms with Gasteiger partial charge in [-0.2, -0.15) is 4.31 Å². The lowest BCUT2D eigenvalue weighted by molar-refractivity contribution is 0.258. The monoisotopic (exact) mass is 346 g/mol. The summed E-state index contributed by atoms with van der Waals surface area (Å²) in [5, 5.41) is 3.29. The van der Waals surface area contributed by atoms with E-state index in [1.165, 1.54) is 11.1 Å². The Morgan fingerprint density at radius 1 is 1.25 bits per heavy atom. The zero-order valence-electron chi connectivity index (χ0n) is 13.8. The van der Waals surface area contributed by atoms with Crippen LogP contribution in [0.25, 0.3) is 0 Å². The molecular formula is C17H22N4O2S. The van der Waals surface area contributed by atoms with E-state index in [2.05, 4.69) is 10.3 Å². The van der Waals surface area contributed by atoms with Crippen LogP contribution in [0.3, 0.4) is 0 Å². The molecule has 1 aliphatic heterocycles. The maximum atomic E-state index is 13.3. The molecule has 2 heterocycles. The summed E-state index contributed by atoms with van der Waals surface area (Å²) in [5.41, 5.74) is 2.47. The molecule has 1 fully saturated rings. The summed E-state index contributed by atoms with van der Waals surface area (Å²) in [4.78, 5) is 4.78. The highest BCUT2D eigenvalue weighted by Gasteiger charge is 2.36. The number of piperazine rings is 1. The summed E-state index contributed by atoms with van der Waals surface area (Å²) in [5.74, 6) is 0.770. The van der Waals surface area contributed by atoms with Crippen molar-refractivity contribution in [2.75, 3.05) is 19.6 Å². The number of aromatic nitrogens is 2. The highest BCUT2D eigenvalue weighted by molar-refractivity contribution is 7.89. The molecule has 2 aromatic rings. The molecule has 0 saturated carbocycles. The minimum atomic E-state index is -3.54. The van der Waals surface area contributed by atoms with E-state index in [0.717, 1.165) is 25.1 Å². The van der Waals surface area contributed by atoms with Gasteiger partial charge in [-0.25, -0.2) is 13.4 Å².